The lowest BCUT2D eigenvalue weighted by atomic mass is 10.1. The fraction of sp³-hybridized carbons (Fsp3) is 0.250. The van der Waals surface area contributed by atoms with Crippen LogP contribution >= 0.6 is 15.9 Å². The predicted octanol–water partition coefficient (Wildman–Crippen LogP) is 4.64. The van der Waals surface area contributed by atoms with Gasteiger partial charge in [0.25, 0.3) is 0 Å². The maximum atomic E-state index is 5.42. The third-order valence-corrected chi connectivity index (χ3v) is 3.60. The minimum atomic E-state index is 0.106. The van der Waals surface area contributed by atoms with E-state index in [2.05, 4.69) is 28.2 Å². The summed E-state index contributed by atoms with van der Waals surface area (Å²) in [4.78, 5) is 0. The molecular formula is C16H18BrNO2. The van der Waals surface area contributed by atoms with Crippen molar-refractivity contribution >= 4 is 21.6 Å². The number of hydrogen-bond donors (Lipinski definition) is 1. The monoisotopic (exact) mass is 335 g/mol. The lowest BCUT2D eigenvalue weighted by Crippen LogP contribution is -2.08. The van der Waals surface area contributed by atoms with Gasteiger partial charge in [-0.1, -0.05) is 22.0 Å². The first-order chi connectivity index (χ1) is 9.63. The molecule has 0 aliphatic rings. The smallest absolute Gasteiger partial charge is 0.124 e. The van der Waals surface area contributed by atoms with Gasteiger partial charge in [0.05, 0.1) is 20.3 Å². The van der Waals surface area contributed by atoms with Crippen LogP contribution in [-0.2, 0) is 0 Å². The number of anilines is 1. The quantitative estimate of drug-likeness (QED) is 0.863. The largest absolute Gasteiger partial charge is 0.497 e. The second kappa shape index (κ2) is 6.66. The summed E-state index contributed by atoms with van der Waals surface area (Å²) in [6.07, 6.45) is 0. The van der Waals surface area contributed by atoms with Gasteiger partial charge in [-0.25, -0.2) is 0 Å². The van der Waals surface area contributed by atoms with Gasteiger partial charge < -0.3 is 14.8 Å². The molecule has 0 aliphatic heterocycles. The highest BCUT2D eigenvalue weighted by atomic mass is 79.9. The summed E-state index contributed by atoms with van der Waals surface area (Å²) in [7, 11) is 3.34. The van der Waals surface area contributed by atoms with E-state index < -0.39 is 0 Å². The first-order valence-corrected chi connectivity index (χ1v) is 7.17. The maximum Gasteiger partial charge on any atom is 0.124 e. The number of rotatable bonds is 5. The predicted molar refractivity (Wildman–Crippen MR) is 85.7 cm³/mol. The van der Waals surface area contributed by atoms with E-state index >= 15 is 0 Å². The summed E-state index contributed by atoms with van der Waals surface area (Å²) in [6, 6.07) is 14.0. The third kappa shape index (κ3) is 3.45. The van der Waals surface area contributed by atoms with Crippen molar-refractivity contribution in [2.75, 3.05) is 19.5 Å². The van der Waals surface area contributed by atoms with E-state index in [1.807, 2.05) is 42.5 Å². The summed E-state index contributed by atoms with van der Waals surface area (Å²) in [6.45, 7) is 2.10. The summed E-state index contributed by atoms with van der Waals surface area (Å²) in [5.74, 6) is 1.67. The molecule has 2 aromatic carbocycles. The molecule has 0 aliphatic carbocycles. The van der Waals surface area contributed by atoms with E-state index in [-0.39, 0.29) is 6.04 Å². The highest BCUT2D eigenvalue weighted by molar-refractivity contribution is 9.10. The van der Waals surface area contributed by atoms with E-state index in [1.54, 1.807) is 14.2 Å². The summed E-state index contributed by atoms with van der Waals surface area (Å²) >= 11 is 3.47. The molecule has 0 saturated carbocycles. The van der Waals surface area contributed by atoms with Crippen molar-refractivity contribution in [2.45, 2.75) is 13.0 Å². The van der Waals surface area contributed by atoms with Crippen LogP contribution in [0.15, 0.2) is 46.9 Å². The first-order valence-electron chi connectivity index (χ1n) is 6.38. The second-order valence-electron chi connectivity index (χ2n) is 4.48. The van der Waals surface area contributed by atoms with Gasteiger partial charge in [0.1, 0.15) is 11.5 Å². The van der Waals surface area contributed by atoms with Crippen molar-refractivity contribution in [1.82, 2.24) is 0 Å². The molecule has 1 atom stereocenters. The molecule has 4 heteroatoms. The minimum absolute atomic E-state index is 0.106. The van der Waals surface area contributed by atoms with Crippen LogP contribution in [0.1, 0.15) is 18.5 Å². The zero-order chi connectivity index (χ0) is 14.5. The Kier molecular flexibility index (Phi) is 4.90. The van der Waals surface area contributed by atoms with E-state index in [1.165, 1.54) is 0 Å². The lowest BCUT2D eigenvalue weighted by molar-refractivity contribution is 0.397. The molecular weight excluding hydrogens is 318 g/mol. The maximum absolute atomic E-state index is 5.42. The minimum Gasteiger partial charge on any atom is -0.497 e. The molecule has 106 valence electrons. The molecule has 20 heavy (non-hydrogen) atoms. The Morgan fingerprint density at radius 1 is 1.05 bits per heavy atom. The van der Waals surface area contributed by atoms with Crippen LogP contribution < -0.4 is 14.8 Å². The van der Waals surface area contributed by atoms with Crippen molar-refractivity contribution in [2.24, 2.45) is 0 Å². The van der Waals surface area contributed by atoms with Crippen LogP contribution in [0.4, 0.5) is 5.69 Å². The van der Waals surface area contributed by atoms with Crippen LogP contribution in [0.5, 0.6) is 11.5 Å². The van der Waals surface area contributed by atoms with Crippen molar-refractivity contribution in [3.8, 4) is 11.5 Å². The van der Waals surface area contributed by atoms with E-state index in [9.17, 15) is 0 Å². The summed E-state index contributed by atoms with van der Waals surface area (Å²) in [5.41, 5.74) is 2.11. The molecule has 2 rings (SSSR count). The van der Waals surface area contributed by atoms with Gasteiger partial charge in [0, 0.05) is 15.7 Å². The molecule has 0 heterocycles. The average molecular weight is 336 g/mol. The third-order valence-electron chi connectivity index (χ3n) is 3.11. The first kappa shape index (κ1) is 14.7. The Hall–Kier alpha value is -1.68. The van der Waals surface area contributed by atoms with E-state index in [0.29, 0.717) is 0 Å². The number of nitrogens with one attached hydrogen (secondary N) is 1. The molecule has 3 nitrogen and oxygen atoms in total. The normalized spacial score (nSPS) is 11.8. The molecule has 0 amide bonds. The van der Waals surface area contributed by atoms with Crippen LogP contribution in [0.25, 0.3) is 0 Å². The fourth-order valence-corrected chi connectivity index (χ4v) is 2.48. The Bertz CT molecular complexity index is 586. The fourth-order valence-electron chi connectivity index (χ4n) is 2.08. The van der Waals surface area contributed by atoms with Crippen molar-refractivity contribution < 1.29 is 9.47 Å². The van der Waals surface area contributed by atoms with Crippen LogP contribution in [0.3, 0.4) is 0 Å². The summed E-state index contributed by atoms with van der Waals surface area (Å²) in [5, 5.41) is 3.46. The highest BCUT2D eigenvalue weighted by Crippen LogP contribution is 2.31. The topological polar surface area (TPSA) is 30.5 Å². The SMILES string of the molecule is COc1ccc(OC)c(C(C)Nc2cccc(Br)c2)c1. The van der Waals surface area contributed by atoms with Gasteiger partial charge in [0.2, 0.25) is 0 Å². The zero-order valence-corrected chi connectivity index (χ0v) is 13.4. The van der Waals surface area contributed by atoms with Crippen molar-refractivity contribution in [3.05, 3.63) is 52.5 Å². The molecule has 0 aromatic heterocycles. The number of benzene rings is 2. The van der Waals surface area contributed by atoms with E-state index in [0.717, 1.165) is 27.2 Å². The standard InChI is InChI=1S/C16H18BrNO2/c1-11(18-13-6-4-5-12(17)9-13)15-10-14(19-2)7-8-16(15)20-3/h4-11,18H,1-3H3. The lowest BCUT2D eigenvalue weighted by Gasteiger charge is -2.19. The Morgan fingerprint density at radius 3 is 2.50 bits per heavy atom. The average Bonchev–Trinajstić information content (AvgIpc) is 2.46. The van der Waals surface area contributed by atoms with Gasteiger partial charge in [-0.15, -0.1) is 0 Å². The van der Waals surface area contributed by atoms with Crippen molar-refractivity contribution in [3.63, 3.8) is 0 Å². The van der Waals surface area contributed by atoms with Crippen LogP contribution in [0, 0.1) is 0 Å². The molecule has 2 aromatic rings. The Morgan fingerprint density at radius 2 is 1.85 bits per heavy atom. The Balaban J connectivity index is 2.25. The molecule has 1 N–H and O–H groups in total. The zero-order valence-electron chi connectivity index (χ0n) is 11.8. The molecule has 0 bridgehead atoms. The van der Waals surface area contributed by atoms with Crippen LogP contribution in [0.2, 0.25) is 0 Å². The molecule has 1 unspecified atom stereocenters. The van der Waals surface area contributed by atoms with Gasteiger partial charge in [-0.2, -0.15) is 0 Å². The van der Waals surface area contributed by atoms with Gasteiger partial charge >= 0.3 is 0 Å². The number of ether oxygens (including phenoxy) is 2. The van der Waals surface area contributed by atoms with E-state index in [4.69, 9.17) is 9.47 Å². The second-order valence-corrected chi connectivity index (χ2v) is 5.40. The van der Waals surface area contributed by atoms with Crippen molar-refractivity contribution in [1.29, 1.82) is 0 Å². The number of methoxy groups -OCH3 is 2. The molecule has 0 fully saturated rings. The van der Waals surface area contributed by atoms with Gasteiger partial charge in [-0.05, 0) is 43.3 Å². The summed E-state index contributed by atoms with van der Waals surface area (Å²) < 4.78 is 11.8. The highest BCUT2D eigenvalue weighted by Gasteiger charge is 2.12. The number of halogens is 1. The molecule has 0 saturated heterocycles. The molecule has 0 spiro atoms. The van der Waals surface area contributed by atoms with Crippen LogP contribution in [-0.4, -0.2) is 14.2 Å². The van der Waals surface area contributed by atoms with Gasteiger partial charge in [-0.3, -0.25) is 0 Å². The Labute approximate surface area is 128 Å². The number of hydrogen-bond acceptors (Lipinski definition) is 3. The molecule has 0 radical (unpaired) electrons. The van der Waals surface area contributed by atoms with Gasteiger partial charge in [0.15, 0.2) is 0 Å².